The van der Waals surface area contributed by atoms with E-state index >= 15 is 0 Å². The zero-order valence-electron chi connectivity index (χ0n) is 18.2. The summed E-state index contributed by atoms with van der Waals surface area (Å²) in [5.41, 5.74) is 4.37. The van der Waals surface area contributed by atoms with E-state index in [0.717, 1.165) is 28.6 Å². The molecule has 9 nitrogen and oxygen atoms in total. The van der Waals surface area contributed by atoms with Crippen LogP contribution in [0.15, 0.2) is 54.0 Å². The second kappa shape index (κ2) is 7.52. The SMILES string of the molecule is CCn1cc(-c2cc3c(cc2OC)ncc2c3n(-c3ccncc3OC)c(=O)n2C)cn1. The molecule has 0 saturated heterocycles. The molecule has 4 aromatic heterocycles. The maximum absolute atomic E-state index is 13.3. The van der Waals surface area contributed by atoms with E-state index in [4.69, 9.17) is 9.47 Å². The predicted octanol–water partition coefficient (Wildman–Crippen LogP) is 3.17. The van der Waals surface area contributed by atoms with Crippen LogP contribution >= 0.6 is 0 Å². The normalized spacial score (nSPS) is 11.4. The van der Waals surface area contributed by atoms with Crippen molar-refractivity contribution < 1.29 is 9.47 Å². The molecule has 0 radical (unpaired) electrons. The van der Waals surface area contributed by atoms with Crippen molar-refractivity contribution >= 4 is 21.9 Å². The van der Waals surface area contributed by atoms with E-state index in [9.17, 15) is 4.79 Å². The van der Waals surface area contributed by atoms with Crippen LogP contribution in [0.25, 0.3) is 38.8 Å². The topological polar surface area (TPSA) is 89.0 Å². The number of methoxy groups -OCH3 is 2. The van der Waals surface area contributed by atoms with Crippen molar-refractivity contribution in [3.8, 4) is 28.3 Å². The summed E-state index contributed by atoms with van der Waals surface area (Å²) >= 11 is 0. The highest BCUT2D eigenvalue weighted by molar-refractivity contribution is 6.05. The first-order valence-electron chi connectivity index (χ1n) is 10.2. The fraction of sp³-hybridized carbons (Fsp3) is 0.217. The van der Waals surface area contributed by atoms with E-state index in [0.29, 0.717) is 28.2 Å². The third kappa shape index (κ3) is 2.85. The number of fused-ring (bicyclic) bond motifs is 3. The minimum Gasteiger partial charge on any atom is -0.496 e. The summed E-state index contributed by atoms with van der Waals surface area (Å²) < 4.78 is 16.2. The summed E-state index contributed by atoms with van der Waals surface area (Å²) in [7, 11) is 4.93. The van der Waals surface area contributed by atoms with Gasteiger partial charge in [0.1, 0.15) is 5.75 Å². The van der Waals surface area contributed by atoms with Crippen LogP contribution in [0.5, 0.6) is 11.5 Å². The summed E-state index contributed by atoms with van der Waals surface area (Å²) in [4.78, 5) is 22.0. The first-order valence-corrected chi connectivity index (χ1v) is 10.2. The van der Waals surface area contributed by atoms with Crippen LogP contribution in [-0.4, -0.2) is 43.1 Å². The van der Waals surface area contributed by atoms with Crippen molar-refractivity contribution in [3.63, 3.8) is 0 Å². The van der Waals surface area contributed by atoms with E-state index in [2.05, 4.69) is 15.1 Å². The molecule has 162 valence electrons. The van der Waals surface area contributed by atoms with Gasteiger partial charge in [0, 0.05) is 48.6 Å². The van der Waals surface area contributed by atoms with Gasteiger partial charge in [-0.05, 0) is 19.1 Å². The maximum Gasteiger partial charge on any atom is 0.333 e. The van der Waals surface area contributed by atoms with Crippen molar-refractivity contribution in [1.82, 2.24) is 28.9 Å². The van der Waals surface area contributed by atoms with Gasteiger partial charge in [-0.1, -0.05) is 0 Å². The molecule has 0 spiro atoms. The van der Waals surface area contributed by atoms with E-state index < -0.39 is 0 Å². The monoisotopic (exact) mass is 430 g/mol. The third-order valence-corrected chi connectivity index (χ3v) is 5.70. The fourth-order valence-corrected chi connectivity index (χ4v) is 4.03. The molecule has 1 aromatic carbocycles. The quantitative estimate of drug-likeness (QED) is 0.426. The molecule has 0 fully saturated rings. The Labute approximate surface area is 183 Å². The first-order chi connectivity index (χ1) is 15.6. The van der Waals surface area contributed by atoms with Crippen LogP contribution in [-0.2, 0) is 13.6 Å². The van der Waals surface area contributed by atoms with Crippen molar-refractivity contribution in [2.24, 2.45) is 7.05 Å². The average Bonchev–Trinajstić information content (AvgIpc) is 3.41. The van der Waals surface area contributed by atoms with Crippen molar-refractivity contribution in [2.75, 3.05) is 14.2 Å². The van der Waals surface area contributed by atoms with Crippen molar-refractivity contribution in [3.05, 3.63) is 59.7 Å². The summed E-state index contributed by atoms with van der Waals surface area (Å²) in [6.45, 7) is 2.80. The molecule has 0 aliphatic carbocycles. The molecule has 0 N–H and O–H groups in total. The molecule has 0 unspecified atom stereocenters. The molecule has 9 heteroatoms. The fourth-order valence-electron chi connectivity index (χ4n) is 4.03. The summed E-state index contributed by atoms with van der Waals surface area (Å²) in [5.74, 6) is 1.19. The van der Waals surface area contributed by atoms with Gasteiger partial charge in [0.15, 0.2) is 5.75 Å². The van der Waals surface area contributed by atoms with E-state index in [1.807, 2.05) is 36.1 Å². The molecule has 5 aromatic rings. The van der Waals surface area contributed by atoms with Gasteiger partial charge in [-0.2, -0.15) is 5.10 Å². The van der Waals surface area contributed by atoms with Crippen molar-refractivity contribution in [1.29, 1.82) is 0 Å². The Hall–Kier alpha value is -4.14. The number of hydrogen-bond acceptors (Lipinski definition) is 6. The number of benzene rings is 1. The molecule has 0 atom stereocenters. The largest absolute Gasteiger partial charge is 0.496 e. The predicted molar refractivity (Wildman–Crippen MR) is 122 cm³/mol. The zero-order valence-corrected chi connectivity index (χ0v) is 18.2. The minimum absolute atomic E-state index is 0.199. The van der Waals surface area contributed by atoms with Gasteiger partial charge in [0.2, 0.25) is 0 Å². The Bertz CT molecular complexity index is 1530. The highest BCUT2D eigenvalue weighted by Gasteiger charge is 2.20. The van der Waals surface area contributed by atoms with Gasteiger partial charge in [-0.25, -0.2) is 4.79 Å². The average molecular weight is 430 g/mol. The van der Waals surface area contributed by atoms with Crippen LogP contribution < -0.4 is 15.2 Å². The Morgan fingerprint density at radius 3 is 2.59 bits per heavy atom. The lowest BCUT2D eigenvalue weighted by Gasteiger charge is -2.12. The smallest absolute Gasteiger partial charge is 0.333 e. The van der Waals surface area contributed by atoms with Crippen LogP contribution in [0, 0.1) is 0 Å². The molecular weight excluding hydrogens is 408 g/mol. The van der Waals surface area contributed by atoms with Gasteiger partial charge in [0.05, 0.1) is 55.0 Å². The number of imidazole rings is 1. The molecular formula is C23H22N6O3. The van der Waals surface area contributed by atoms with Crippen molar-refractivity contribution in [2.45, 2.75) is 13.5 Å². The summed E-state index contributed by atoms with van der Waals surface area (Å²) in [6, 6.07) is 5.66. The van der Waals surface area contributed by atoms with E-state index in [-0.39, 0.29) is 5.69 Å². The highest BCUT2D eigenvalue weighted by Crippen LogP contribution is 2.37. The van der Waals surface area contributed by atoms with Crippen LogP contribution in [0.1, 0.15) is 6.92 Å². The highest BCUT2D eigenvalue weighted by atomic mass is 16.5. The third-order valence-electron chi connectivity index (χ3n) is 5.70. The number of aromatic nitrogens is 6. The Morgan fingerprint density at radius 1 is 1.06 bits per heavy atom. The van der Waals surface area contributed by atoms with Gasteiger partial charge in [-0.15, -0.1) is 0 Å². The molecule has 5 rings (SSSR count). The Kier molecular flexibility index (Phi) is 4.66. The molecule has 0 saturated carbocycles. The molecule has 32 heavy (non-hydrogen) atoms. The molecule has 0 bridgehead atoms. The zero-order chi connectivity index (χ0) is 22.4. The number of ether oxygens (including phenoxy) is 2. The second-order valence-corrected chi connectivity index (χ2v) is 7.37. The molecule has 0 aliphatic heterocycles. The molecule has 4 heterocycles. The number of pyridine rings is 2. The van der Waals surface area contributed by atoms with Gasteiger partial charge >= 0.3 is 5.69 Å². The second-order valence-electron chi connectivity index (χ2n) is 7.37. The summed E-state index contributed by atoms with van der Waals surface area (Å²) in [5, 5.41) is 5.22. The lowest BCUT2D eigenvalue weighted by Crippen LogP contribution is -2.21. The lowest BCUT2D eigenvalue weighted by molar-refractivity contribution is 0.411. The van der Waals surface area contributed by atoms with Crippen LogP contribution in [0.3, 0.4) is 0 Å². The van der Waals surface area contributed by atoms with E-state index in [1.54, 1.807) is 55.1 Å². The number of hydrogen-bond donors (Lipinski definition) is 0. The molecule has 0 amide bonds. The lowest BCUT2D eigenvalue weighted by atomic mass is 10.0. The Balaban J connectivity index is 1.91. The van der Waals surface area contributed by atoms with Gasteiger partial charge in [-0.3, -0.25) is 23.8 Å². The Morgan fingerprint density at radius 2 is 1.88 bits per heavy atom. The number of rotatable bonds is 5. The number of nitrogens with zero attached hydrogens (tertiary/aromatic N) is 6. The summed E-state index contributed by atoms with van der Waals surface area (Å²) in [6.07, 6.45) is 8.72. The van der Waals surface area contributed by atoms with Crippen LogP contribution in [0.4, 0.5) is 0 Å². The number of aryl methyl sites for hydroxylation is 2. The minimum atomic E-state index is -0.199. The first kappa shape index (κ1) is 19.8. The van der Waals surface area contributed by atoms with E-state index in [1.165, 1.54) is 0 Å². The van der Waals surface area contributed by atoms with Crippen LogP contribution in [0.2, 0.25) is 0 Å². The standard InChI is InChI=1S/C23H22N6O3/c1-5-28-13-14(10-26-28)15-8-16-17(9-20(15)31-3)25-11-19-22(16)29(23(30)27(19)2)18-6-7-24-12-21(18)32-4/h6-13H,5H2,1-4H3. The maximum atomic E-state index is 13.3. The molecule has 0 aliphatic rings. The van der Waals surface area contributed by atoms with Gasteiger partial charge in [0.25, 0.3) is 0 Å². The van der Waals surface area contributed by atoms with Gasteiger partial charge < -0.3 is 9.47 Å².